The molecule has 0 radical (unpaired) electrons. The molecule has 1 aromatic carbocycles. The minimum Gasteiger partial charge on any atom is -0.462 e. The summed E-state index contributed by atoms with van der Waals surface area (Å²) < 4.78 is 11.4. The maximum atomic E-state index is 12.1. The summed E-state index contributed by atoms with van der Waals surface area (Å²) in [4.78, 5) is 12.1. The van der Waals surface area contributed by atoms with Gasteiger partial charge in [0.25, 0.3) is 0 Å². The van der Waals surface area contributed by atoms with Gasteiger partial charge in [-0.05, 0) is 50.7 Å². The summed E-state index contributed by atoms with van der Waals surface area (Å²) in [6.07, 6.45) is 9.25. The Labute approximate surface area is 150 Å². The van der Waals surface area contributed by atoms with Gasteiger partial charge in [-0.25, -0.2) is 4.79 Å². The molecule has 4 nitrogen and oxygen atoms in total. The molecule has 4 rings (SSSR count). The predicted molar refractivity (Wildman–Crippen MR) is 97.8 cm³/mol. The third-order valence-corrected chi connectivity index (χ3v) is 6.18. The number of carbonyl (C=O) groups is 1. The summed E-state index contributed by atoms with van der Waals surface area (Å²) in [6, 6.07) is 6.39. The smallest absolute Gasteiger partial charge is 0.338 e. The van der Waals surface area contributed by atoms with Gasteiger partial charge in [0.05, 0.1) is 18.3 Å². The van der Waals surface area contributed by atoms with Crippen LogP contribution in [0.5, 0.6) is 0 Å². The van der Waals surface area contributed by atoms with Gasteiger partial charge >= 0.3 is 5.97 Å². The number of nitrogens with one attached hydrogen (secondary N) is 1. The SMILES string of the molecule is CCOC(=O)c1ccc2c(c1)NC(C1CCCCC1)[C@@H]1CCCO[C@H]21. The Hall–Kier alpha value is -1.55. The Morgan fingerprint density at radius 3 is 2.84 bits per heavy atom. The lowest BCUT2D eigenvalue weighted by Crippen LogP contribution is -2.46. The summed E-state index contributed by atoms with van der Waals surface area (Å²) >= 11 is 0. The normalized spacial score (nSPS) is 29.2. The highest BCUT2D eigenvalue weighted by Crippen LogP contribution is 2.47. The van der Waals surface area contributed by atoms with E-state index in [0.717, 1.165) is 24.6 Å². The van der Waals surface area contributed by atoms with E-state index >= 15 is 0 Å². The molecule has 1 aliphatic carbocycles. The maximum Gasteiger partial charge on any atom is 0.338 e. The fraction of sp³-hybridized carbons (Fsp3) is 0.667. The fourth-order valence-corrected chi connectivity index (χ4v) is 5.01. The second-order valence-electron chi connectivity index (χ2n) is 7.69. The van der Waals surface area contributed by atoms with E-state index in [9.17, 15) is 4.79 Å². The molecule has 136 valence electrons. The summed E-state index contributed by atoms with van der Waals surface area (Å²) in [5, 5.41) is 3.82. The molecule has 0 amide bonds. The second-order valence-corrected chi connectivity index (χ2v) is 7.69. The van der Waals surface area contributed by atoms with Crippen molar-refractivity contribution in [1.82, 2.24) is 0 Å². The van der Waals surface area contributed by atoms with Gasteiger partial charge in [-0.2, -0.15) is 0 Å². The van der Waals surface area contributed by atoms with E-state index in [0.29, 0.717) is 24.1 Å². The second kappa shape index (κ2) is 7.36. The van der Waals surface area contributed by atoms with Gasteiger partial charge in [-0.15, -0.1) is 0 Å². The van der Waals surface area contributed by atoms with Crippen LogP contribution in [0.25, 0.3) is 0 Å². The van der Waals surface area contributed by atoms with Crippen LogP contribution in [-0.2, 0) is 9.47 Å². The van der Waals surface area contributed by atoms with Crippen molar-refractivity contribution in [1.29, 1.82) is 0 Å². The largest absolute Gasteiger partial charge is 0.462 e. The predicted octanol–water partition coefficient (Wildman–Crippen LogP) is 4.71. The Morgan fingerprint density at radius 2 is 2.04 bits per heavy atom. The molecule has 1 saturated carbocycles. The first-order valence-electron chi connectivity index (χ1n) is 9.97. The van der Waals surface area contributed by atoms with Crippen molar-refractivity contribution in [2.24, 2.45) is 11.8 Å². The number of ether oxygens (including phenoxy) is 2. The Kier molecular flexibility index (Phi) is 4.98. The number of benzene rings is 1. The monoisotopic (exact) mass is 343 g/mol. The van der Waals surface area contributed by atoms with Crippen molar-refractivity contribution in [3.63, 3.8) is 0 Å². The van der Waals surface area contributed by atoms with Gasteiger partial charge in [-0.1, -0.05) is 25.3 Å². The van der Waals surface area contributed by atoms with Crippen LogP contribution >= 0.6 is 0 Å². The lowest BCUT2D eigenvalue weighted by molar-refractivity contribution is -0.0458. The topological polar surface area (TPSA) is 47.6 Å². The van der Waals surface area contributed by atoms with Gasteiger partial charge in [0, 0.05) is 29.8 Å². The molecule has 3 aliphatic rings. The first-order valence-corrected chi connectivity index (χ1v) is 9.97. The highest BCUT2D eigenvalue weighted by Gasteiger charge is 2.42. The maximum absolute atomic E-state index is 12.1. The summed E-state index contributed by atoms with van der Waals surface area (Å²) in [6.45, 7) is 3.09. The number of fused-ring (bicyclic) bond motifs is 3. The third kappa shape index (κ3) is 3.29. The Balaban J connectivity index is 1.65. The molecule has 2 aliphatic heterocycles. The van der Waals surface area contributed by atoms with Crippen molar-refractivity contribution in [3.8, 4) is 0 Å². The molecular weight excluding hydrogens is 314 g/mol. The average molecular weight is 343 g/mol. The molecule has 0 bridgehead atoms. The lowest BCUT2D eigenvalue weighted by atomic mass is 9.71. The van der Waals surface area contributed by atoms with Crippen LogP contribution in [0.2, 0.25) is 0 Å². The molecule has 1 unspecified atom stereocenters. The molecule has 1 aromatic rings. The summed E-state index contributed by atoms with van der Waals surface area (Å²) in [7, 11) is 0. The molecule has 3 atom stereocenters. The van der Waals surface area contributed by atoms with Gasteiger partial charge < -0.3 is 14.8 Å². The lowest BCUT2D eigenvalue weighted by Gasteiger charge is -2.47. The van der Waals surface area contributed by atoms with Crippen LogP contribution in [0.4, 0.5) is 5.69 Å². The highest BCUT2D eigenvalue weighted by atomic mass is 16.5. The van der Waals surface area contributed by atoms with Crippen LogP contribution in [-0.4, -0.2) is 25.2 Å². The van der Waals surface area contributed by atoms with E-state index in [1.807, 2.05) is 19.1 Å². The molecule has 1 N–H and O–H groups in total. The van der Waals surface area contributed by atoms with Crippen molar-refractivity contribution < 1.29 is 14.3 Å². The standard InChI is InChI=1S/C21H29NO3/c1-2-24-21(23)15-10-11-16-18(13-15)22-19(14-7-4-3-5-8-14)17-9-6-12-25-20(16)17/h10-11,13-14,17,19-20,22H,2-9,12H2,1H3/t17-,19?,20+/m0/s1. The zero-order chi connectivity index (χ0) is 17.2. The average Bonchev–Trinajstić information content (AvgIpc) is 2.68. The fourth-order valence-electron chi connectivity index (χ4n) is 5.01. The van der Waals surface area contributed by atoms with Crippen LogP contribution in [0.3, 0.4) is 0 Å². The number of esters is 1. The minimum absolute atomic E-state index is 0.174. The van der Waals surface area contributed by atoms with E-state index in [-0.39, 0.29) is 12.1 Å². The quantitative estimate of drug-likeness (QED) is 0.808. The molecule has 25 heavy (non-hydrogen) atoms. The van der Waals surface area contributed by atoms with Crippen LogP contribution in [0.1, 0.15) is 73.9 Å². The van der Waals surface area contributed by atoms with Crippen LogP contribution < -0.4 is 5.32 Å². The molecule has 2 fully saturated rings. The van der Waals surface area contributed by atoms with E-state index in [4.69, 9.17) is 9.47 Å². The molecule has 0 spiro atoms. The molecular formula is C21H29NO3. The molecule has 0 aromatic heterocycles. The molecule has 4 heteroatoms. The van der Waals surface area contributed by atoms with Crippen molar-refractivity contribution in [3.05, 3.63) is 29.3 Å². The van der Waals surface area contributed by atoms with Gasteiger partial charge in [-0.3, -0.25) is 0 Å². The Morgan fingerprint density at radius 1 is 1.20 bits per heavy atom. The third-order valence-electron chi connectivity index (χ3n) is 6.18. The number of hydrogen-bond acceptors (Lipinski definition) is 4. The van der Waals surface area contributed by atoms with E-state index in [2.05, 4.69) is 11.4 Å². The van der Waals surface area contributed by atoms with E-state index in [1.165, 1.54) is 44.1 Å². The summed E-state index contributed by atoms with van der Waals surface area (Å²) in [5.74, 6) is 1.04. The summed E-state index contributed by atoms with van der Waals surface area (Å²) in [5.41, 5.74) is 2.92. The van der Waals surface area contributed by atoms with Gasteiger partial charge in [0.15, 0.2) is 0 Å². The van der Waals surface area contributed by atoms with Crippen molar-refractivity contribution >= 4 is 11.7 Å². The minimum atomic E-state index is -0.243. The number of anilines is 1. The van der Waals surface area contributed by atoms with Gasteiger partial charge in [0.1, 0.15) is 0 Å². The zero-order valence-electron chi connectivity index (χ0n) is 15.1. The van der Waals surface area contributed by atoms with E-state index < -0.39 is 0 Å². The number of rotatable bonds is 3. The van der Waals surface area contributed by atoms with Crippen molar-refractivity contribution in [2.75, 3.05) is 18.5 Å². The van der Waals surface area contributed by atoms with Crippen LogP contribution in [0.15, 0.2) is 18.2 Å². The highest BCUT2D eigenvalue weighted by molar-refractivity contribution is 5.91. The van der Waals surface area contributed by atoms with Crippen LogP contribution in [0, 0.1) is 11.8 Å². The van der Waals surface area contributed by atoms with Gasteiger partial charge in [0.2, 0.25) is 0 Å². The molecule has 2 heterocycles. The van der Waals surface area contributed by atoms with Crippen molar-refractivity contribution in [2.45, 2.75) is 64.0 Å². The number of carbonyl (C=O) groups excluding carboxylic acids is 1. The Bertz CT molecular complexity index is 624. The number of hydrogen-bond donors (Lipinski definition) is 1. The zero-order valence-corrected chi connectivity index (χ0v) is 15.1. The molecule has 1 saturated heterocycles. The first-order chi connectivity index (χ1) is 12.3. The first kappa shape index (κ1) is 16.9. The van der Waals surface area contributed by atoms with E-state index in [1.54, 1.807) is 0 Å².